The molecule has 1 atom stereocenters. The number of aliphatic carboxylic acids is 1. The minimum Gasteiger partial charge on any atom is -0.480 e. The first-order valence-electron chi connectivity index (χ1n) is 8.15. The fourth-order valence-electron chi connectivity index (χ4n) is 2.69. The van der Waals surface area contributed by atoms with Gasteiger partial charge in [-0.05, 0) is 23.3 Å². The number of carbonyl (C=O) groups is 2. The van der Waals surface area contributed by atoms with E-state index in [4.69, 9.17) is 0 Å². The first-order chi connectivity index (χ1) is 11.1. The Hall–Kier alpha value is -2.36. The second kappa shape index (κ2) is 8.32. The molecular weight excluding hydrogens is 290 g/mol. The molecule has 4 nitrogen and oxygen atoms in total. The minimum absolute atomic E-state index is 0.329. The number of hydrogen-bond donors (Lipinski definition) is 2. The lowest BCUT2D eigenvalue weighted by molar-refractivity contribution is -0.139. The SMILES string of the molecule is CCCCCC[C@@H](NC(=O)c1cccc2ccccc12)C(=O)O. The Morgan fingerprint density at radius 2 is 1.78 bits per heavy atom. The Labute approximate surface area is 136 Å². The van der Waals surface area contributed by atoms with Crippen molar-refractivity contribution < 1.29 is 14.7 Å². The summed E-state index contributed by atoms with van der Waals surface area (Å²) in [6.07, 6.45) is 4.45. The highest BCUT2D eigenvalue weighted by Gasteiger charge is 2.21. The summed E-state index contributed by atoms with van der Waals surface area (Å²) < 4.78 is 0. The zero-order valence-electron chi connectivity index (χ0n) is 13.4. The number of fused-ring (bicyclic) bond motifs is 1. The Morgan fingerprint density at radius 1 is 1.04 bits per heavy atom. The summed E-state index contributed by atoms with van der Waals surface area (Å²) in [6.45, 7) is 2.11. The maximum Gasteiger partial charge on any atom is 0.326 e. The molecule has 0 radical (unpaired) electrons. The van der Waals surface area contributed by atoms with Crippen molar-refractivity contribution in [3.63, 3.8) is 0 Å². The van der Waals surface area contributed by atoms with Gasteiger partial charge < -0.3 is 10.4 Å². The lowest BCUT2D eigenvalue weighted by Crippen LogP contribution is -2.40. The van der Waals surface area contributed by atoms with E-state index in [9.17, 15) is 14.7 Å². The van der Waals surface area contributed by atoms with Crippen LogP contribution in [0, 0.1) is 0 Å². The Balaban J connectivity index is 2.10. The fraction of sp³-hybridized carbons (Fsp3) is 0.368. The van der Waals surface area contributed by atoms with Gasteiger partial charge >= 0.3 is 5.97 Å². The summed E-state index contributed by atoms with van der Waals surface area (Å²) in [5, 5.41) is 13.8. The lowest BCUT2D eigenvalue weighted by Gasteiger charge is -2.15. The van der Waals surface area contributed by atoms with E-state index in [2.05, 4.69) is 12.2 Å². The Bertz CT molecular complexity index is 676. The predicted molar refractivity (Wildman–Crippen MR) is 91.6 cm³/mol. The quantitative estimate of drug-likeness (QED) is 0.724. The number of carbonyl (C=O) groups excluding carboxylic acids is 1. The molecule has 0 aliphatic rings. The molecule has 0 heterocycles. The number of carboxylic acids is 1. The molecule has 2 N–H and O–H groups in total. The van der Waals surface area contributed by atoms with Crippen LogP contribution < -0.4 is 5.32 Å². The van der Waals surface area contributed by atoms with E-state index in [1.807, 2.05) is 36.4 Å². The van der Waals surface area contributed by atoms with Crippen LogP contribution in [0.3, 0.4) is 0 Å². The molecule has 2 aromatic carbocycles. The highest BCUT2D eigenvalue weighted by molar-refractivity contribution is 6.07. The van der Waals surface area contributed by atoms with Gasteiger partial charge in [0.2, 0.25) is 0 Å². The van der Waals surface area contributed by atoms with Crippen LogP contribution in [-0.4, -0.2) is 23.0 Å². The maximum atomic E-state index is 12.5. The fourth-order valence-corrected chi connectivity index (χ4v) is 2.69. The second-order valence-corrected chi connectivity index (χ2v) is 5.74. The Morgan fingerprint density at radius 3 is 2.52 bits per heavy atom. The van der Waals surface area contributed by atoms with Crippen LogP contribution in [-0.2, 0) is 4.79 Å². The topological polar surface area (TPSA) is 66.4 Å². The van der Waals surface area contributed by atoms with E-state index in [0.29, 0.717) is 12.0 Å². The van der Waals surface area contributed by atoms with E-state index in [1.165, 1.54) is 0 Å². The van der Waals surface area contributed by atoms with E-state index in [0.717, 1.165) is 36.5 Å². The van der Waals surface area contributed by atoms with E-state index >= 15 is 0 Å². The smallest absolute Gasteiger partial charge is 0.326 e. The highest BCUT2D eigenvalue weighted by Crippen LogP contribution is 2.18. The number of nitrogens with one attached hydrogen (secondary N) is 1. The minimum atomic E-state index is -0.977. The first kappa shape index (κ1) is 17.0. The standard InChI is InChI=1S/C19H23NO3/c1-2-3-4-5-13-17(19(22)23)20-18(21)16-12-8-10-14-9-6-7-11-15(14)16/h6-12,17H,2-5,13H2,1H3,(H,20,21)(H,22,23)/t17-/m1/s1. The van der Waals surface area contributed by atoms with Crippen LogP contribution in [0.5, 0.6) is 0 Å². The van der Waals surface area contributed by atoms with Gasteiger partial charge in [0.15, 0.2) is 0 Å². The number of carboxylic acid groups (broad SMARTS) is 1. The molecule has 0 saturated heterocycles. The first-order valence-corrected chi connectivity index (χ1v) is 8.15. The van der Waals surface area contributed by atoms with Crippen molar-refractivity contribution in [2.45, 2.75) is 45.1 Å². The van der Waals surface area contributed by atoms with Crippen molar-refractivity contribution in [2.24, 2.45) is 0 Å². The van der Waals surface area contributed by atoms with Gasteiger partial charge in [-0.15, -0.1) is 0 Å². The van der Waals surface area contributed by atoms with Gasteiger partial charge in [-0.3, -0.25) is 4.79 Å². The molecule has 4 heteroatoms. The average Bonchev–Trinajstić information content (AvgIpc) is 2.56. The zero-order chi connectivity index (χ0) is 16.7. The Kier molecular flexibility index (Phi) is 6.15. The van der Waals surface area contributed by atoms with E-state index < -0.39 is 12.0 Å². The molecule has 2 aromatic rings. The van der Waals surface area contributed by atoms with Gasteiger partial charge in [-0.1, -0.05) is 69.0 Å². The summed E-state index contributed by atoms with van der Waals surface area (Å²) in [5.41, 5.74) is 0.517. The predicted octanol–water partition coefficient (Wildman–Crippen LogP) is 3.99. The molecule has 0 bridgehead atoms. The van der Waals surface area contributed by atoms with Crippen molar-refractivity contribution in [1.29, 1.82) is 0 Å². The van der Waals surface area contributed by atoms with Crippen LogP contribution in [0.15, 0.2) is 42.5 Å². The summed E-state index contributed by atoms with van der Waals surface area (Å²) in [7, 11) is 0. The average molecular weight is 313 g/mol. The van der Waals surface area contributed by atoms with Crippen molar-refractivity contribution >= 4 is 22.6 Å². The van der Waals surface area contributed by atoms with Crippen molar-refractivity contribution in [1.82, 2.24) is 5.32 Å². The van der Waals surface area contributed by atoms with E-state index in [-0.39, 0.29) is 5.91 Å². The van der Waals surface area contributed by atoms with Gasteiger partial charge in [0, 0.05) is 5.56 Å². The number of benzene rings is 2. The molecule has 0 saturated carbocycles. The number of amides is 1. The molecule has 2 rings (SSSR count). The number of rotatable bonds is 8. The molecule has 0 aliphatic carbocycles. The van der Waals surface area contributed by atoms with E-state index in [1.54, 1.807) is 6.07 Å². The van der Waals surface area contributed by atoms with Crippen LogP contribution in [0.4, 0.5) is 0 Å². The maximum absolute atomic E-state index is 12.5. The third-order valence-corrected chi connectivity index (χ3v) is 3.98. The van der Waals surface area contributed by atoms with Crippen molar-refractivity contribution in [3.05, 3.63) is 48.0 Å². The molecular formula is C19H23NO3. The number of unbranched alkanes of at least 4 members (excludes halogenated alkanes) is 3. The van der Waals surface area contributed by atoms with Gasteiger partial charge in [0.1, 0.15) is 6.04 Å². The third kappa shape index (κ3) is 4.55. The summed E-state index contributed by atoms with van der Waals surface area (Å²) in [5.74, 6) is -1.31. The van der Waals surface area contributed by atoms with Gasteiger partial charge in [-0.2, -0.15) is 0 Å². The van der Waals surface area contributed by atoms with Crippen LogP contribution >= 0.6 is 0 Å². The summed E-state index contributed by atoms with van der Waals surface area (Å²) in [4.78, 5) is 23.9. The second-order valence-electron chi connectivity index (χ2n) is 5.74. The summed E-state index contributed by atoms with van der Waals surface area (Å²) in [6, 6.07) is 12.2. The number of hydrogen-bond acceptors (Lipinski definition) is 2. The summed E-state index contributed by atoms with van der Waals surface area (Å²) >= 11 is 0. The monoisotopic (exact) mass is 313 g/mol. The van der Waals surface area contributed by atoms with Crippen LogP contribution in [0.1, 0.15) is 49.4 Å². The molecule has 23 heavy (non-hydrogen) atoms. The van der Waals surface area contributed by atoms with Gasteiger partial charge in [-0.25, -0.2) is 4.79 Å². The molecule has 0 fully saturated rings. The molecule has 0 aromatic heterocycles. The molecule has 122 valence electrons. The zero-order valence-corrected chi connectivity index (χ0v) is 13.4. The van der Waals surface area contributed by atoms with Crippen LogP contribution in [0.2, 0.25) is 0 Å². The lowest BCUT2D eigenvalue weighted by atomic mass is 10.0. The molecule has 1 amide bonds. The molecule has 0 spiro atoms. The molecule has 0 aliphatic heterocycles. The third-order valence-electron chi connectivity index (χ3n) is 3.98. The van der Waals surface area contributed by atoms with Crippen LogP contribution in [0.25, 0.3) is 10.8 Å². The largest absolute Gasteiger partial charge is 0.480 e. The molecule has 0 unspecified atom stereocenters. The van der Waals surface area contributed by atoms with Crippen molar-refractivity contribution in [3.8, 4) is 0 Å². The normalized spacial score (nSPS) is 12.0. The highest BCUT2D eigenvalue weighted by atomic mass is 16.4. The van der Waals surface area contributed by atoms with Gasteiger partial charge in [0.05, 0.1) is 0 Å². The van der Waals surface area contributed by atoms with Gasteiger partial charge in [0.25, 0.3) is 5.91 Å². The van der Waals surface area contributed by atoms with Crippen molar-refractivity contribution in [2.75, 3.05) is 0 Å².